The van der Waals surface area contributed by atoms with Crippen molar-refractivity contribution in [1.29, 1.82) is 0 Å². The SMILES string of the molecule is CCCCCCCCCC(=O)NC[C@H](CO)OCC. The van der Waals surface area contributed by atoms with Crippen LogP contribution in [-0.2, 0) is 9.53 Å². The lowest BCUT2D eigenvalue weighted by Crippen LogP contribution is -2.35. The summed E-state index contributed by atoms with van der Waals surface area (Å²) >= 11 is 0. The summed E-state index contributed by atoms with van der Waals surface area (Å²) in [4.78, 5) is 11.6. The third kappa shape index (κ3) is 12.2. The molecule has 0 spiro atoms. The second-order valence-corrected chi connectivity index (χ2v) is 4.94. The molecule has 0 saturated heterocycles. The van der Waals surface area contributed by atoms with Gasteiger partial charge in [-0.1, -0.05) is 45.4 Å². The first-order valence-corrected chi connectivity index (χ1v) is 7.73. The molecule has 19 heavy (non-hydrogen) atoms. The first-order chi connectivity index (χ1) is 9.24. The lowest BCUT2D eigenvalue weighted by molar-refractivity contribution is -0.122. The van der Waals surface area contributed by atoms with Crippen molar-refractivity contribution in [3.05, 3.63) is 0 Å². The lowest BCUT2D eigenvalue weighted by Gasteiger charge is -2.14. The predicted octanol–water partition coefficient (Wildman–Crippen LogP) is 2.64. The fourth-order valence-corrected chi connectivity index (χ4v) is 1.97. The molecule has 0 bridgehead atoms. The molecule has 1 atom stereocenters. The summed E-state index contributed by atoms with van der Waals surface area (Å²) in [7, 11) is 0. The fourth-order valence-electron chi connectivity index (χ4n) is 1.97. The summed E-state index contributed by atoms with van der Waals surface area (Å²) in [6.07, 6.45) is 8.81. The van der Waals surface area contributed by atoms with Gasteiger partial charge in [0.25, 0.3) is 0 Å². The maximum absolute atomic E-state index is 11.6. The Labute approximate surface area is 117 Å². The van der Waals surface area contributed by atoms with E-state index in [0.717, 1.165) is 12.8 Å². The van der Waals surface area contributed by atoms with Crippen molar-refractivity contribution >= 4 is 5.91 Å². The molecule has 0 aliphatic carbocycles. The average molecular weight is 273 g/mol. The molecule has 4 heteroatoms. The third-order valence-corrected chi connectivity index (χ3v) is 3.14. The number of carbonyl (C=O) groups excluding carboxylic acids is 1. The number of rotatable bonds is 13. The Bertz CT molecular complexity index is 210. The van der Waals surface area contributed by atoms with Crippen LogP contribution in [-0.4, -0.2) is 36.9 Å². The summed E-state index contributed by atoms with van der Waals surface area (Å²) in [6.45, 7) is 5.00. The molecule has 0 aliphatic heterocycles. The van der Waals surface area contributed by atoms with Crippen molar-refractivity contribution in [3.8, 4) is 0 Å². The second kappa shape index (κ2) is 13.8. The van der Waals surface area contributed by atoms with E-state index in [4.69, 9.17) is 9.84 Å². The molecule has 0 radical (unpaired) electrons. The van der Waals surface area contributed by atoms with Crippen LogP contribution in [0.3, 0.4) is 0 Å². The molecule has 2 N–H and O–H groups in total. The van der Waals surface area contributed by atoms with Crippen LogP contribution in [0.1, 0.15) is 65.2 Å². The van der Waals surface area contributed by atoms with E-state index in [1.54, 1.807) is 0 Å². The van der Waals surface area contributed by atoms with Crippen LogP contribution >= 0.6 is 0 Å². The zero-order valence-electron chi connectivity index (χ0n) is 12.6. The van der Waals surface area contributed by atoms with Gasteiger partial charge in [0.15, 0.2) is 0 Å². The Balaban J connectivity index is 3.38. The minimum atomic E-state index is -0.275. The summed E-state index contributed by atoms with van der Waals surface area (Å²) in [5.41, 5.74) is 0. The maximum Gasteiger partial charge on any atom is 0.220 e. The minimum absolute atomic E-state index is 0.0501. The molecule has 0 unspecified atom stereocenters. The van der Waals surface area contributed by atoms with Crippen LogP contribution in [0.2, 0.25) is 0 Å². The molecule has 0 aromatic rings. The van der Waals surface area contributed by atoms with E-state index < -0.39 is 0 Å². The molecule has 0 rings (SSSR count). The molecular weight excluding hydrogens is 242 g/mol. The van der Waals surface area contributed by atoms with Gasteiger partial charge in [0.2, 0.25) is 5.91 Å². The van der Waals surface area contributed by atoms with Gasteiger partial charge in [-0.05, 0) is 13.3 Å². The Hall–Kier alpha value is -0.610. The number of carbonyl (C=O) groups is 1. The lowest BCUT2D eigenvalue weighted by atomic mass is 10.1. The van der Waals surface area contributed by atoms with Gasteiger partial charge in [-0.15, -0.1) is 0 Å². The Kier molecular flexibility index (Phi) is 13.4. The highest BCUT2D eigenvalue weighted by atomic mass is 16.5. The standard InChI is InChI=1S/C15H31NO3/c1-3-5-6-7-8-9-10-11-15(18)16-12-14(13-17)19-4-2/h14,17H,3-13H2,1-2H3,(H,16,18)/t14-/m1/s1. The van der Waals surface area contributed by atoms with E-state index in [1.807, 2.05) is 6.92 Å². The van der Waals surface area contributed by atoms with Crippen LogP contribution in [0.4, 0.5) is 0 Å². The molecule has 4 nitrogen and oxygen atoms in total. The van der Waals surface area contributed by atoms with E-state index in [0.29, 0.717) is 19.6 Å². The number of aliphatic hydroxyl groups is 1. The number of nitrogens with one attached hydrogen (secondary N) is 1. The van der Waals surface area contributed by atoms with Crippen molar-refractivity contribution in [1.82, 2.24) is 5.32 Å². The van der Waals surface area contributed by atoms with Crippen LogP contribution < -0.4 is 5.32 Å². The normalized spacial score (nSPS) is 12.4. The molecule has 1 amide bonds. The molecule has 0 heterocycles. The zero-order valence-corrected chi connectivity index (χ0v) is 12.6. The van der Waals surface area contributed by atoms with Crippen molar-refractivity contribution in [2.75, 3.05) is 19.8 Å². The van der Waals surface area contributed by atoms with Crippen molar-refractivity contribution in [2.24, 2.45) is 0 Å². The predicted molar refractivity (Wildman–Crippen MR) is 78.1 cm³/mol. The summed E-state index contributed by atoms with van der Waals surface area (Å²) < 4.78 is 5.26. The molecule has 0 aromatic carbocycles. The van der Waals surface area contributed by atoms with Gasteiger partial charge < -0.3 is 15.2 Å². The molecule has 114 valence electrons. The number of amides is 1. The summed E-state index contributed by atoms with van der Waals surface area (Å²) in [6, 6.07) is 0. The van der Waals surface area contributed by atoms with Crippen molar-refractivity contribution in [3.63, 3.8) is 0 Å². The van der Waals surface area contributed by atoms with Gasteiger partial charge in [0, 0.05) is 19.6 Å². The van der Waals surface area contributed by atoms with Gasteiger partial charge in [0.05, 0.1) is 12.7 Å². The smallest absolute Gasteiger partial charge is 0.220 e. The van der Waals surface area contributed by atoms with Crippen molar-refractivity contribution < 1.29 is 14.6 Å². The molecule has 0 aromatic heterocycles. The monoisotopic (exact) mass is 273 g/mol. The van der Waals surface area contributed by atoms with Gasteiger partial charge in [-0.3, -0.25) is 4.79 Å². The molecule has 0 fully saturated rings. The third-order valence-electron chi connectivity index (χ3n) is 3.14. The second-order valence-electron chi connectivity index (χ2n) is 4.94. The maximum atomic E-state index is 11.6. The van der Waals surface area contributed by atoms with Crippen LogP contribution in [0.5, 0.6) is 0 Å². The number of hydrogen-bond donors (Lipinski definition) is 2. The highest BCUT2D eigenvalue weighted by Gasteiger charge is 2.08. The Morgan fingerprint density at radius 3 is 2.32 bits per heavy atom. The highest BCUT2D eigenvalue weighted by Crippen LogP contribution is 2.08. The molecule has 0 aliphatic rings. The number of unbranched alkanes of at least 4 members (excludes halogenated alkanes) is 6. The first kappa shape index (κ1) is 18.4. The average Bonchev–Trinajstić information content (AvgIpc) is 2.42. The van der Waals surface area contributed by atoms with E-state index in [2.05, 4.69) is 12.2 Å². The highest BCUT2D eigenvalue weighted by molar-refractivity contribution is 5.75. The fraction of sp³-hybridized carbons (Fsp3) is 0.933. The van der Waals surface area contributed by atoms with Gasteiger partial charge in [-0.2, -0.15) is 0 Å². The summed E-state index contributed by atoms with van der Waals surface area (Å²) in [5, 5.41) is 11.8. The van der Waals surface area contributed by atoms with E-state index in [1.165, 1.54) is 32.1 Å². The van der Waals surface area contributed by atoms with E-state index >= 15 is 0 Å². The minimum Gasteiger partial charge on any atom is -0.394 e. The quantitative estimate of drug-likeness (QED) is 0.507. The molecule has 0 saturated carbocycles. The van der Waals surface area contributed by atoms with Crippen LogP contribution in [0.25, 0.3) is 0 Å². The number of ether oxygens (including phenoxy) is 1. The van der Waals surface area contributed by atoms with Gasteiger partial charge in [-0.25, -0.2) is 0 Å². The van der Waals surface area contributed by atoms with Crippen molar-refractivity contribution in [2.45, 2.75) is 71.3 Å². The topological polar surface area (TPSA) is 58.6 Å². The largest absolute Gasteiger partial charge is 0.394 e. The first-order valence-electron chi connectivity index (χ1n) is 7.73. The van der Waals surface area contributed by atoms with Gasteiger partial charge in [0.1, 0.15) is 0 Å². The van der Waals surface area contributed by atoms with E-state index in [9.17, 15) is 4.79 Å². The number of hydrogen-bond acceptors (Lipinski definition) is 3. The molecular formula is C15H31NO3. The zero-order chi connectivity index (χ0) is 14.3. The Morgan fingerprint density at radius 1 is 1.11 bits per heavy atom. The number of aliphatic hydroxyl groups excluding tert-OH is 1. The van der Waals surface area contributed by atoms with Gasteiger partial charge >= 0.3 is 0 Å². The van der Waals surface area contributed by atoms with Crippen LogP contribution in [0.15, 0.2) is 0 Å². The van der Waals surface area contributed by atoms with E-state index in [-0.39, 0.29) is 18.6 Å². The van der Waals surface area contributed by atoms with Crippen LogP contribution in [0, 0.1) is 0 Å². The summed E-state index contributed by atoms with van der Waals surface area (Å²) in [5.74, 6) is 0.0618. The Morgan fingerprint density at radius 2 is 1.74 bits per heavy atom.